The highest BCUT2D eigenvalue weighted by molar-refractivity contribution is 7.80. The molecule has 0 saturated carbocycles. The van der Waals surface area contributed by atoms with Crippen LogP contribution in [0.2, 0.25) is 0 Å². The second-order valence-corrected chi connectivity index (χ2v) is 6.04. The van der Waals surface area contributed by atoms with Crippen molar-refractivity contribution in [3.8, 4) is 0 Å². The molecule has 0 amide bonds. The van der Waals surface area contributed by atoms with E-state index in [0.717, 1.165) is 0 Å². The number of hydrogen-bond acceptors (Lipinski definition) is 11. The Morgan fingerprint density at radius 3 is 1.91 bits per heavy atom. The molecule has 10 nitrogen and oxygen atoms in total. The molecule has 0 aromatic rings. The van der Waals surface area contributed by atoms with Crippen molar-refractivity contribution in [2.75, 3.05) is 13.2 Å². The SMILES string of the molecule is OCC1OC(OC2C(CO)OC(S)C(O)C2O)C(O)C(O)C1O. The van der Waals surface area contributed by atoms with Crippen LogP contribution in [-0.4, -0.2) is 110 Å². The van der Waals surface area contributed by atoms with E-state index in [2.05, 4.69) is 12.6 Å². The average molecular weight is 358 g/mol. The van der Waals surface area contributed by atoms with Gasteiger partial charge in [0.1, 0.15) is 54.3 Å². The van der Waals surface area contributed by atoms with Gasteiger partial charge in [-0.25, -0.2) is 0 Å². The Morgan fingerprint density at radius 2 is 1.35 bits per heavy atom. The summed E-state index contributed by atoms with van der Waals surface area (Å²) in [6.45, 7) is -1.21. The van der Waals surface area contributed by atoms with Crippen molar-refractivity contribution in [3.05, 3.63) is 0 Å². The van der Waals surface area contributed by atoms with Crippen molar-refractivity contribution in [2.24, 2.45) is 0 Å². The number of thiol groups is 1. The number of ether oxygens (including phenoxy) is 3. The predicted octanol–water partition coefficient (Wildman–Crippen LogP) is -4.46. The minimum absolute atomic E-state index is 0.567. The van der Waals surface area contributed by atoms with Crippen molar-refractivity contribution in [1.29, 1.82) is 0 Å². The summed E-state index contributed by atoms with van der Waals surface area (Å²) in [5, 5.41) is 67.6. The Kier molecular flexibility index (Phi) is 6.61. The molecule has 2 heterocycles. The van der Waals surface area contributed by atoms with E-state index in [1.165, 1.54) is 0 Å². The van der Waals surface area contributed by atoms with Crippen molar-refractivity contribution < 1.29 is 50.0 Å². The van der Waals surface area contributed by atoms with Gasteiger partial charge >= 0.3 is 0 Å². The molecule has 0 spiro atoms. The first-order valence-electron chi connectivity index (χ1n) is 7.08. The first-order chi connectivity index (χ1) is 10.8. The van der Waals surface area contributed by atoms with Gasteiger partial charge in [0.05, 0.1) is 13.2 Å². The third kappa shape index (κ3) is 3.80. The van der Waals surface area contributed by atoms with E-state index in [-0.39, 0.29) is 0 Å². The lowest BCUT2D eigenvalue weighted by Crippen LogP contribution is -2.63. The Morgan fingerprint density at radius 1 is 0.739 bits per heavy atom. The molecule has 0 bridgehead atoms. The topological polar surface area (TPSA) is 169 Å². The molecule has 23 heavy (non-hydrogen) atoms. The maximum absolute atomic E-state index is 10.1. The highest BCUT2D eigenvalue weighted by Gasteiger charge is 2.49. The molecular formula is C12H22O10S. The third-order valence-corrected chi connectivity index (χ3v) is 4.41. The van der Waals surface area contributed by atoms with Gasteiger partial charge in [-0.1, -0.05) is 0 Å². The van der Waals surface area contributed by atoms with Gasteiger partial charge in [-0.05, 0) is 0 Å². The zero-order chi connectivity index (χ0) is 17.3. The van der Waals surface area contributed by atoms with Gasteiger partial charge in [0, 0.05) is 0 Å². The van der Waals surface area contributed by atoms with Crippen molar-refractivity contribution >= 4 is 12.6 Å². The number of hydrogen-bond donors (Lipinski definition) is 8. The molecule has 2 aliphatic heterocycles. The van der Waals surface area contributed by atoms with Crippen LogP contribution in [0.4, 0.5) is 0 Å². The second kappa shape index (κ2) is 7.89. The van der Waals surface area contributed by atoms with Gasteiger partial charge in [0.25, 0.3) is 0 Å². The van der Waals surface area contributed by atoms with Gasteiger partial charge in [-0.15, -0.1) is 12.6 Å². The molecule has 0 aromatic heterocycles. The summed E-state index contributed by atoms with van der Waals surface area (Å²) in [5.74, 6) is 0. The first-order valence-corrected chi connectivity index (χ1v) is 7.60. The fourth-order valence-corrected chi connectivity index (χ4v) is 2.90. The predicted molar refractivity (Wildman–Crippen MR) is 75.4 cm³/mol. The smallest absolute Gasteiger partial charge is 0.187 e. The largest absolute Gasteiger partial charge is 0.394 e. The Labute approximate surface area is 137 Å². The van der Waals surface area contributed by atoms with Crippen LogP contribution in [0.1, 0.15) is 0 Å². The van der Waals surface area contributed by atoms with Crippen LogP contribution >= 0.6 is 12.6 Å². The Balaban J connectivity index is 2.11. The van der Waals surface area contributed by atoms with Crippen LogP contribution < -0.4 is 0 Å². The van der Waals surface area contributed by atoms with Crippen molar-refractivity contribution in [2.45, 2.75) is 60.6 Å². The van der Waals surface area contributed by atoms with Crippen LogP contribution in [0, 0.1) is 0 Å². The van der Waals surface area contributed by atoms with Crippen molar-refractivity contribution in [3.63, 3.8) is 0 Å². The zero-order valence-corrected chi connectivity index (χ0v) is 12.9. The summed E-state index contributed by atoms with van der Waals surface area (Å²) >= 11 is 3.92. The molecule has 2 rings (SSSR count). The van der Waals surface area contributed by atoms with Gasteiger partial charge in [-0.2, -0.15) is 0 Å². The van der Waals surface area contributed by atoms with Crippen LogP contribution in [0.3, 0.4) is 0 Å². The highest BCUT2D eigenvalue weighted by atomic mass is 32.1. The fourth-order valence-electron chi connectivity index (χ4n) is 2.57. The van der Waals surface area contributed by atoms with E-state index in [1.807, 2.05) is 0 Å². The quantitative estimate of drug-likeness (QED) is 0.229. The maximum atomic E-state index is 10.1. The molecule has 10 atom stereocenters. The van der Waals surface area contributed by atoms with Gasteiger partial charge in [0.2, 0.25) is 0 Å². The molecule has 10 unspecified atom stereocenters. The molecule has 7 N–H and O–H groups in total. The number of aliphatic hydroxyl groups excluding tert-OH is 7. The summed E-state index contributed by atoms with van der Waals surface area (Å²) in [5.41, 5.74) is -1.04. The summed E-state index contributed by atoms with van der Waals surface area (Å²) < 4.78 is 15.7. The second-order valence-electron chi connectivity index (χ2n) is 5.53. The van der Waals surface area contributed by atoms with Gasteiger partial charge < -0.3 is 50.0 Å². The summed E-state index contributed by atoms with van der Waals surface area (Å²) in [7, 11) is 0. The summed E-state index contributed by atoms with van der Waals surface area (Å²) in [6, 6.07) is 0. The van der Waals surface area contributed by atoms with E-state index in [0.29, 0.717) is 0 Å². The lowest BCUT2D eigenvalue weighted by atomic mass is 9.97. The van der Waals surface area contributed by atoms with Crippen molar-refractivity contribution in [1.82, 2.24) is 0 Å². The molecule has 2 fully saturated rings. The molecule has 11 heteroatoms. The summed E-state index contributed by atoms with van der Waals surface area (Å²) in [6.07, 6.45) is -12.9. The summed E-state index contributed by atoms with van der Waals surface area (Å²) in [4.78, 5) is 0. The number of rotatable bonds is 4. The van der Waals surface area contributed by atoms with Gasteiger partial charge in [0.15, 0.2) is 6.29 Å². The maximum Gasteiger partial charge on any atom is 0.187 e. The Bertz CT molecular complexity index is 383. The minimum Gasteiger partial charge on any atom is -0.394 e. The molecule has 0 aliphatic carbocycles. The first kappa shape index (κ1) is 19.3. The minimum atomic E-state index is -1.68. The molecule has 2 saturated heterocycles. The highest BCUT2D eigenvalue weighted by Crippen LogP contribution is 2.29. The molecular weight excluding hydrogens is 336 g/mol. The lowest BCUT2D eigenvalue weighted by Gasteiger charge is -2.45. The van der Waals surface area contributed by atoms with Crippen LogP contribution in [-0.2, 0) is 14.2 Å². The lowest BCUT2D eigenvalue weighted by molar-refractivity contribution is -0.338. The van der Waals surface area contributed by atoms with Crippen LogP contribution in [0.25, 0.3) is 0 Å². The fraction of sp³-hybridized carbons (Fsp3) is 1.00. The van der Waals surface area contributed by atoms with E-state index in [1.54, 1.807) is 0 Å². The third-order valence-electron chi connectivity index (χ3n) is 3.98. The average Bonchev–Trinajstić information content (AvgIpc) is 2.55. The number of aliphatic hydroxyl groups is 7. The van der Waals surface area contributed by atoms with Crippen LogP contribution in [0.5, 0.6) is 0 Å². The van der Waals surface area contributed by atoms with E-state index >= 15 is 0 Å². The molecule has 0 aromatic carbocycles. The monoisotopic (exact) mass is 358 g/mol. The van der Waals surface area contributed by atoms with Crippen LogP contribution in [0.15, 0.2) is 0 Å². The molecule has 136 valence electrons. The van der Waals surface area contributed by atoms with E-state index in [4.69, 9.17) is 19.3 Å². The zero-order valence-electron chi connectivity index (χ0n) is 12.0. The molecule has 0 radical (unpaired) electrons. The molecule has 2 aliphatic rings. The Hall–Kier alpha value is -0.0500. The van der Waals surface area contributed by atoms with Gasteiger partial charge in [-0.3, -0.25) is 0 Å². The normalized spacial score (nSPS) is 51.7. The standard InChI is InChI=1S/C12H22O10S/c13-1-3-5(15)6(16)8(18)11(20-3)22-10-4(2-14)21-12(23)9(19)7(10)17/h3-19,23H,1-2H2. The van der Waals surface area contributed by atoms with E-state index < -0.39 is 73.8 Å². The van der Waals surface area contributed by atoms with E-state index in [9.17, 15) is 30.6 Å².